The summed E-state index contributed by atoms with van der Waals surface area (Å²) in [6.45, 7) is 9.41. The molecule has 2 aromatic carbocycles. The Hall–Kier alpha value is -2.24. The predicted octanol–water partition coefficient (Wildman–Crippen LogP) is 5.40. The maximum absolute atomic E-state index is 13.2. The van der Waals surface area contributed by atoms with Gasteiger partial charge in [-0.05, 0) is 63.9 Å². The number of amides is 2. The van der Waals surface area contributed by atoms with Crippen molar-refractivity contribution in [3.8, 4) is 5.75 Å². The van der Waals surface area contributed by atoms with E-state index < -0.39 is 11.6 Å². The summed E-state index contributed by atoms with van der Waals surface area (Å²) in [6.07, 6.45) is 0.431. The van der Waals surface area contributed by atoms with Gasteiger partial charge in [-0.1, -0.05) is 48.3 Å². The molecule has 0 bridgehead atoms. The van der Waals surface area contributed by atoms with Crippen molar-refractivity contribution in [2.45, 2.75) is 59.2 Å². The molecule has 0 aliphatic rings. The van der Waals surface area contributed by atoms with Gasteiger partial charge in [-0.3, -0.25) is 9.59 Å². The topological polar surface area (TPSA) is 58.6 Å². The maximum atomic E-state index is 13.2. The molecule has 0 aliphatic carbocycles. The molecule has 7 heteroatoms. The summed E-state index contributed by atoms with van der Waals surface area (Å²) in [5.74, 6) is 0.0340. The summed E-state index contributed by atoms with van der Waals surface area (Å²) in [5, 5.41) is 3.84. The fourth-order valence-electron chi connectivity index (χ4n) is 3.16. The highest BCUT2D eigenvalue weighted by Gasteiger charge is 2.31. The Morgan fingerprint density at radius 2 is 1.71 bits per heavy atom. The number of ether oxygens (including phenoxy) is 1. The monoisotopic (exact) mass is 464 g/mol. The zero-order valence-electron chi connectivity index (χ0n) is 18.7. The van der Waals surface area contributed by atoms with Crippen LogP contribution in [-0.4, -0.2) is 34.9 Å². The number of aryl methyl sites for hydroxylation is 1. The quantitative estimate of drug-likeness (QED) is 0.568. The third-order valence-electron chi connectivity index (χ3n) is 4.63. The lowest BCUT2D eigenvalue weighted by Crippen LogP contribution is -2.54. The van der Waals surface area contributed by atoms with E-state index in [1.54, 1.807) is 24.3 Å². The molecule has 0 saturated carbocycles. The number of nitrogens with zero attached hydrogens (tertiary/aromatic N) is 1. The lowest BCUT2D eigenvalue weighted by Gasteiger charge is -2.33. The van der Waals surface area contributed by atoms with Gasteiger partial charge in [-0.25, -0.2) is 0 Å². The Balaban J connectivity index is 2.31. The van der Waals surface area contributed by atoms with Crippen molar-refractivity contribution in [3.63, 3.8) is 0 Å². The second kappa shape index (κ2) is 10.9. The average Bonchev–Trinajstić information content (AvgIpc) is 2.67. The van der Waals surface area contributed by atoms with Gasteiger partial charge in [0.15, 0.2) is 6.61 Å². The number of benzene rings is 2. The van der Waals surface area contributed by atoms with Crippen molar-refractivity contribution in [2.75, 3.05) is 6.61 Å². The van der Waals surface area contributed by atoms with Crippen molar-refractivity contribution >= 4 is 35.0 Å². The van der Waals surface area contributed by atoms with E-state index in [1.165, 1.54) is 4.90 Å². The van der Waals surface area contributed by atoms with Crippen LogP contribution in [0.3, 0.4) is 0 Å². The Morgan fingerprint density at radius 1 is 1.10 bits per heavy atom. The van der Waals surface area contributed by atoms with E-state index in [0.717, 1.165) is 5.56 Å². The van der Waals surface area contributed by atoms with E-state index in [1.807, 2.05) is 52.8 Å². The van der Waals surface area contributed by atoms with Crippen LogP contribution in [-0.2, 0) is 16.1 Å². The largest absolute Gasteiger partial charge is 0.484 e. The minimum Gasteiger partial charge on any atom is -0.484 e. The number of rotatable bonds is 8. The van der Waals surface area contributed by atoms with Gasteiger partial charge in [-0.15, -0.1) is 0 Å². The van der Waals surface area contributed by atoms with Gasteiger partial charge in [0.2, 0.25) is 5.91 Å². The zero-order chi connectivity index (χ0) is 23.2. The van der Waals surface area contributed by atoms with Gasteiger partial charge in [0, 0.05) is 27.7 Å². The minimum absolute atomic E-state index is 0.102. The smallest absolute Gasteiger partial charge is 0.261 e. The zero-order valence-corrected chi connectivity index (χ0v) is 20.2. The van der Waals surface area contributed by atoms with Crippen LogP contribution in [0.1, 0.15) is 45.2 Å². The third kappa shape index (κ3) is 7.44. The minimum atomic E-state index is -0.694. The highest BCUT2D eigenvalue weighted by atomic mass is 35.5. The first-order valence-electron chi connectivity index (χ1n) is 10.3. The van der Waals surface area contributed by atoms with Gasteiger partial charge in [0.05, 0.1) is 0 Å². The van der Waals surface area contributed by atoms with Crippen LogP contribution >= 0.6 is 23.2 Å². The summed E-state index contributed by atoms with van der Waals surface area (Å²) in [4.78, 5) is 27.7. The predicted molar refractivity (Wildman–Crippen MR) is 126 cm³/mol. The fourth-order valence-corrected chi connectivity index (χ4v) is 3.68. The standard InChI is InChI=1S/C24H30Cl2N2O3/c1-6-21(23(30)27-24(3,4)5)28(14-18-19(25)11-8-12-20(18)26)22(29)15-31-17-10-7-9-16(2)13-17/h7-13,21H,6,14-15H2,1-5H3,(H,27,30). The van der Waals surface area contributed by atoms with Crippen LogP contribution in [0.15, 0.2) is 42.5 Å². The van der Waals surface area contributed by atoms with Crippen LogP contribution in [0.5, 0.6) is 5.75 Å². The van der Waals surface area contributed by atoms with Gasteiger partial charge in [-0.2, -0.15) is 0 Å². The highest BCUT2D eigenvalue weighted by Crippen LogP contribution is 2.27. The van der Waals surface area contributed by atoms with Gasteiger partial charge >= 0.3 is 0 Å². The van der Waals surface area contributed by atoms with Crippen LogP contribution in [0.2, 0.25) is 10.0 Å². The Labute approximate surface area is 194 Å². The molecule has 2 aromatic rings. The molecule has 168 valence electrons. The van der Waals surface area contributed by atoms with Crippen molar-refractivity contribution in [2.24, 2.45) is 0 Å². The first kappa shape index (κ1) is 25.0. The third-order valence-corrected chi connectivity index (χ3v) is 5.33. The SMILES string of the molecule is CCC(C(=O)NC(C)(C)C)N(Cc1c(Cl)cccc1Cl)C(=O)COc1cccc(C)c1. The Morgan fingerprint density at radius 3 is 2.26 bits per heavy atom. The second-order valence-corrected chi connectivity index (χ2v) is 9.30. The molecule has 2 rings (SSSR count). The van der Waals surface area contributed by atoms with E-state index in [4.69, 9.17) is 27.9 Å². The molecular formula is C24H30Cl2N2O3. The summed E-state index contributed by atoms with van der Waals surface area (Å²) in [6, 6.07) is 11.9. The molecule has 0 heterocycles. The number of hydrogen-bond donors (Lipinski definition) is 1. The molecule has 0 spiro atoms. The maximum Gasteiger partial charge on any atom is 0.261 e. The second-order valence-electron chi connectivity index (χ2n) is 8.49. The molecular weight excluding hydrogens is 435 g/mol. The molecule has 1 N–H and O–H groups in total. The molecule has 1 atom stereocenters. The van der Waals surface area contributed by atoms with E-state index >= 15 is 0 Å². The molecule has 5 nitrogen and oxygen atoms in total. The summed E-state index contributed by atoms with van der Waals surface area (Å²) in [5.41, 5.74) is 1.19. The number of carbonyl (C=O) groups is 2. The van der Waals surface area contributed by atoms with Crippen molar-refractivity contribution in [1.82, 2.24) is 10.2 Å². The van der Waals surface area contributed by atoms with Crippen molar-refractivity contribution in [1.29, 1.82) is 0 Å². The van der Waals surface area contributed by atoms with Crippen molar-refractivity contribution in [3.05, 3.63) is 63.6 Å². The molecule has 0 aliphatic heterocycles. The van der Waals surface area contributed by atoms with Crippen LogP contribution in [0, 0.1) is 6.92 Å². The van der Waals surface area contributed by atoms with E-state index in [-0.39, 0.29) is 25.0 Å². The Kier molecular flexibility index (Phi) is 8.78. The van der Waals surface area contributed by atoms with Crippen LogP contribution in [0.25, 0.3) is 0 Å². The fraction of sp³-hybridized carbons (Fsp3) is 0.417. The summed E-state index contributed by atoms with van der Waals surface area (Å²) >= 11 is 12.7. The number of halogens is 2. The Bertz CT molecular complexity index is 905. The normalized spacial score (nSPS) is 12.2. The lowest BCUT2D eigenvalue weighted by atomic mass is 10.1. The molecule has 0 fully saturated rings. The van der Waals surface area contributed by atoms with E-state index in [9.17, 15) is 9.59 Å². The van der Waals surface area contributed by atoms with Crippen molar-refractivity contribution < 1.29 is 14.3 Å². The molecule has 0 saturated heterocycles. The average molecular weight is 465 g/mol. The molecule has 31 heavy (non-hydrogen) atoms. The van der Waals surface area contributed by atoms with Gasteiger partial charge < -0.3 is 15.0 Å². The highest BCUT2D eigenvalue weighted by molar-refractivity contribution is 6.36. The first-order valence-corrected chi connectivity index (χ1v) is 11.0. The first-order chi connectivity index (χ1) is 14.5. The number of carbonyl (C=O) groups excluding carboxylic acids is 2. The summed E-state index contributed by atoms with van der Waals surface area (Å²) < 4.78 is 5.71. The molecule has 1 unspecified atom stereocenters. The number of hydrogen-bond acceptors (Lipinski definition) is 3. The van der Waals surface area contributed by atoms with Crippen LogP contribution < -0.4 is 10.1 Å². The van der Waals surface area contributed by atoms with E-state index in [0.29, 0.717) is 27.8 Å². The molecule has 0 radical (unpaired) electrons. The van der Waals surface area contributed by atoms with Gasteiger partial charge in [0.25, 0.3) is 5.91 Å². The molecule has 2 amide bonds. The molecule has 0 aromatic heterocycles. The van der Waals surface area contributed by atoms with Crippen LogP contribution in [0.4, 0.5) is 0 Å². The lowest BCUT2D eigenvalue weighted by molar-refractivity contribution is -0.143. The van der Waals surface area contributed by atoms with Gasteiger partial charge in [0.1, 0.15) is 11.8 Å². The summed E-state index contributed by atoms with van der Waals surface area (Å²) in [7, 11) is 0. The number of nitrogens with one attached hydrogen (secondary N) is 1. The van der Waals surface area contributed by atoms with E-state index in [2.05, 4.69) is 5.32 Å².